The summed E-state index contributed by atoms with van der Waals surface area (Å²) in [6.45, 7) is -0.451. The lowest BCUT2D eigenvalue weighted by Gasteiger charge is -2.17. The zero-order valence-corrected chi connectivity index (χ0v) is 12.4. The first kappa shape index (κ1) is 17.9. The van der Waals surface area contributed by atoms with Gasteiger partial charge in [-0.3, -0.25) is 0 Å². The van der Waals surface area contributed by atoms with Crippen molar-refractivity contribution < 1.29 is 34.0 Å². The Kier molecular flexibility index (Phi) is 7.95. The van der Waals surface area contributed by atoms with Crippen molar-refractivity contribution in [1.82, 2.24) is 0 Å². The summed E-state index contributed by atoms with van der Waals surface area (Å²) in [7, 11) is 1.57. The number of methoxy groups -OCH3 is 1. The molecule has 1 rings (SSSR count). The summed E-state index contributed by atoms with van der Waals surface area (Å²) in [5.41, 5.74) is 0.974. The van der Waals surface area contributed by atoms with Gasteiger partial charge < -0.3 is 24.4 Å². The van der Waals surface area contributed by atoms with Crippen LogP contribution in [0.1, 0.15) is 5.56 Å². The smallest absolute Gasteiger partial charge is 0.329 e. The van der Waals surface area contributed by atoms with Crippen molar-refractivity contribution in [3.05, 3.63) is 29.8 Å². The Balaban J connectivity index is 2.57. The maximum absolute atomic E-state index is 10.5. The van der Waals surface area contributed by atoms with Gasteiger partial charge >= 0.3 is 11.9 Å². The molecule has 1 aromatic carbocycles. The van der Waals surface area contributed by atoms with E-state index in [1.807, 2.05) is 24.3 Å². The minimum Gasteiger partial charge on any atom is -0.497 e. The fourth-order valence-electron chi connectivity index (χ4n) is 1.92. The van der Waals surface area contributed by atoms with E-state index in [1.165, 1.54) is 0 Å². The highest BCUT2D eigenvalue weighted by atomic mass is 16.5. The first-order valence-corrected chi connectivity index (χ1v) is 6.73. The van der Waals surface area contributed by atoms with E-state index in [4.69, 9.17) is 24.4 Å². The van der Waals surface area contributed by atoms with Gasteiger partial charge in [0.05, 0.1) is 20.3 Å². The Bertz CT molecular complexity index is 467. The lowest BCUT2D eigenvalue weighted by atomic mass is 10.0. The van der Waals surface area contributed by atoms with Gasteiger partial charge in [0.15, 0.2) is 0 Å². The van der Waals surface area contributed by atoms with Gasteiger partial charge in [0, 0.05) is 5.92 Å². The minimum absolute atomic E-state index is 0.147. The van der Waals surface area contributed by atoms with E-state index < -0.39 is 25.2 Å². The number of aliphatic carboxylic acids is 2. The Hall–Kier alpha value is -2.12. The van der Waals surface area contributed by atoms with Crippen molar-refractivity contribution in [1.29, 1.82) is 0 Å². The molecule has 0 aliphatic rings. The van der Waals surface area contributed by atoms with Crippen molar-refractivity contribution in [3.63, 3.8) is 0 Å². The number of hydrogen-bond acceptors (Lipinski definition) is 5. The van der Waals surface area contributed by atoms with Gasteiger partial charge in [-0.25, -0.2) is 9.59 Å². The normalized spacial score (nSPS) is 10.6. The predicted octanol–water partition coefficient (Wildman–Crippen LogP) is 1.06. The molecule has 0 spiro atoms. The molecule has 0 atom stereocenters. The number of carboxylic acids is 2. The van der Waals surface area contributed by atoms with E-state index in [-0.39, 0.29) is 19.1 Å². The Morgan fingerprint density at radius 1 is 1.09 bits per heavy atom. The fraction of sp³-hybridized carbons (Fsp3) is 0.467. The van der Waals surface area contributed by atoms with Gasteiger partial charge in [-0.1, -0.05) is 12.1 Å². The topological polar surface area (TPSA) is 102 Å². The lowest BCUT2D eigenvalue weighted by Crippen LogP contribution is -2.22. The molecule has 0 heterocycles. The predicted molar refractivity (Wildman–Crippen MR) is 77.1 cm³/mol. The first-order chi connectivity index (χ1) is 10.5. The zero-order chi connectivity index (χ0) is 16.4. The summed E-state index contributed by atoms with van der Waals surface area (Å²) in [6.07, 6.45) is 0.566. The van der Waals surface area contributed by atoms with Crippen LogP contribution >= 0.6 is 0 Å². The van der Waals surface area contributed by atoms with Crippen molar-refractivity contribution >= 4 is 11.9 Å². The molecule has 0 saturated carbocycles. The van der Waals surface area contributed by atoms with Crippen LogP contribution < -0.4 is 4.74 Å². The third-order valence-corrected chi connectivity index (χ3v) is 2.82. The largest absolute Gasteiger partial charge is 0.497 e. The van der Waals surface area contributed by atoms with Crippen LogP contribution in [0.3, 0.4) is 0 Å². The number of rotatable bonds is 11. The van der Waals surface area contributed by atoms with E-state index in [0.717, 1.165) is 5.56 Å². The van der Waals surface area contributed by atoms with Crippen LogP contribution in [0.25, 0.3) is 0 Å². The third-order valence-electron chi connectivity index (χ3n) is 2.82. The SMILES string of the molecule is COc1cccc(CC(COCC(=O)O)COCC(=O)O)c1. The molecule has 0 bridgehead atoms. The van der Waals surface area contributed by atoms with E-state index in [1.54, 1.807) is 7.11 Å². The van der Waals surface area contributed by atoms with Crippen LogP contribution in [0, 0.1) is 5.92 Å². The zero-order valence-electron chi connectivity index (χ0n) is 12.4. The molecule has 0 fully saturated rings. The van der Waals surface area contributed by atoms with Crippen molar-refractivity contribution in [2.24, 2.45) is 5.92 Å². The molecule has 0 saturated heterocycles. The summed E-state index contributed by atoms with van der Waals surface area (Å²) in [5.74, 6) is -1.53. The molecule has 0 radical (unpaired) electrons. The van der Waals surface area contributed by atoms with E-state index in [0.29, 0.717) is 12.2 Å². The van der Waals surface area contributed by atoms with Gasteiger partial charge in [0.25, 0.3) is 0 Å². The Morgan fingerprint density at radius 2 is 1.68 bits per heavy atom. The van der Waals surface area contributed by atoms with Gasteiger partial charge in [-0.15, -0.1) is 0 Å². The number of ether oxygens (including phenoxy) is 3. The lowest BCUT2D eigenvalue weighted by molar-refractivity contribution is -0.143. The third kappa shape index (κ3) is 7.61. The van der Waals surface area contributed by atoms with E-state index >= 15 is 0 Å². The van der Waals surface area contributed by atoms with Gasteiger partial charge in [0.2, 0.25) is 0 Å². The van der Waals surface area contributed by atoms with E-state index in [2.05, 4.69) is 0 Å². The van der Waals surface area contributed by atoms with Gasteiger partial charge in [0.1, 0.15) is 19.0 Å². The molecule has 0 aliphatic carbocycles. The first-order valence-electron chi connectivity index (χ1n) is 6.73. The standard InChI is InChI=1S/C15H20O7/c1-20-13-4-2-3-11(6-13)5-12(7-21-9-14(16)17)8-22-10-15(18)19/h2-4,6,12H,5,7-10H2,1H3,(H,16,17)(H,18,19). The molecule has 0 aliphatic heterocycles. The average molecular weight is 312 g/mol. The monoisotopic (exact) mass is 312 g/mol. The van der Waals surface area contributed by atoms with Gasteiger partial charge in [-0.2, -0.15) is 0 Å². The Morgan fingerprint density at radius 3 is 2.18 bits per heavy atom. The molecular weight excluding hydrogens is 292 g/mol. The number of carboxylic acid groups (broad SMARTS) is 2. The summed E-state index contributed by atoms with van der Waals surface area (Å²) < 4.78 is 15.3. The van der Waals surface area contributed by atoms with Crippen LogP contribution in [0.15, 0.2) is 24.3 Å². The molecule has 7 nitrogen and oxygen atoms in total. The minimum atomic E-state index is -1.05. The molecule has 0 unspecified atom stereocenters. The molecule has 122 valence electrons. The molecule has 2 N–H and O–H groups in total. The number of hydrogen-bond donors (Lipinski definition) is 2. The Labute approximate surface area is 128 Å². The maximum Gasteiger partial charge on any atom is 0.329 e. The van der Waals surface area contributed by atoms with Crippen molar-refractivity contribution in [3.8, 4) is 5.75 Å². The quantitative estimate of drug-likeness (QED) is 0.629. The summed E-state index contributed by atoms with van der Waals surface area (Å²) in [5, 5.41) is 17.2. The average Bonchev–Trinajstić information content (AvgIpc) is 2.46. The van der Waals surface area contributed by atoms with Crippen LogP contribution in [-0.4, -0.2) is 55.7 Å². The molecule has 1 aromatic rings. The van der Waals surface area contributed by atoms with Crippen molar-refractivity contribution in [2.45, 2.75) is 6.42 Å². The van der Waals surface area contributed by atoms with Crippen LogP contribution in [-0.2, 0) is 25.5 Å². The number of carbonyl (C=O) groups is 2. The molecule has 0 amide bonds. The molecular formula is C15H20O7. The number of benzene rings is 1. The van der Waals surface area contributed by atoms with Crippen LogP contribution in [0.2, 0.25) is 0 Å². The second-order valence-corrected chi connectivity index (χ2v) is 4.74. The fourth-order valence-corrected chi connectivity index (χ4v) is 1.92. The van der Waals surface area contributed by atoms with Crippen LogP contribution in [0.4, 0.5) is 0 Å². The molecule has 7 heteroatoms. The maximum atomic E-state index is 10.5. The van der Waals surface area contributed by atoms with Crippen LogP contribution in [0.5, 0.6) is 5.75 Å². The van der Waals surface area contributed by atoms with Gasteiger partial charge in [-0.05, 0) is 24.1 Å². The molecule has 0 aromatic heterocycles. The summed E-state index contributed by atoms with van der Waals surface area (Å²) in [4.78, 5) is 21.0. The summed E-state index contributed by atoms with van der Waals surface area (Å²) >= 11 is 0. The summed E-state index contributed by atoms with van der Waals surface area (Å²) in [6, 6.07) is 7.44. The highest BCUT2D eigenvalue weighted by Gasteiger charge is 2.13. The highest BCUT2D eigenvalue weighted by Crippen LogP contribution is 2.16. The van der Waals surface area contributed by atoms with Crippen molar-refractivity contribution in [2.75, 3.05) is 33.5 Å². The second-order valence-electron chi connectivity index (χ2n) is 4.74. The highest BCUT2D eigenvalue weighted by molar-refractivity contribution is 5.68. The second kappa shape index (κ2) is 9.75. The van der Waals surface area contributed by atoms with E-state index in [9.17, 15) is 9.59 Å². The molecule has 22 heavy (non-hydrogen) atoms.